The van der Waals surface area contributed by atoms with Gasteiger partial charge in [-0.15, -0.1) is 0 Å². The van der Waals surface area contributed by atoms with E-state index < -0.39 is 4.92 Å². The lowest BCUT2D eigenvalue weighted by atomic mass is 10.2. The number of aromatic nitrogens is 2. The first-order chi connectivity index (χ1) is 11.6. The van der Waals surface area contributed by atoms with Crippen LogP contribution in [0.3, 0.4) is 0 Å². The summed E-state index contributed by atoms with van der Waals surface area (Å²) >= 11 is 0. The van der Waals surface area contributed by atoms with Gasteiger partial charge in [0.25, 0.3) is 11.6 Å². The molecule has 8 nitrogen and oxygen atoms in total. The fraction of sp³-hybridized carbons (Fsp3) is 0.125. The monoisotopic (exact) mass is 327 g/mol. The quantitative estimate of drug-likeness (QED) is 0.523. The highest BCUT2D eigenvalue weighted by molar-refractivity contribution is 5.64. The number of methoxy groups -OCH3 is 2. The number of hydrogen-bond donors (Lipinski definition) is 0. The van der Waals surface area contributed by atoms with E-state index in [-0.39, 0.29) is 17.4 Å². The Labute approximate surface area is 136 Å². The van der Waals surface area contributed by atoms with Gasteiger partial charge in [0.05, 0.1) is 19.1 Å². The molecule has 122 valence electrons. The SMILES string of the molecule is COc1cc(OC)cc(-c2nc(-c3cccc([N+](=O)[O-])c3)no2)c1. The maximum absolute atomic E-state index is 10.9. The van der Waals surface area contributed by atoms with Crippen molar-refractivity contribution in [1.29, 1.82) is 0 Å². The Morgan fingerprint density at radius 1 is 1.04 bits per heavy atom. The third-order valence-corrected chi connectivity index (χ3v) is 3.34. The summed E-state index contributed by atoms with van der Waals surface area (Å²) in [6.07, 6.45) is 0. The number of hydrogen-bond acceptors (Lipinski definition) is 7. The molecule has 0 saturated carbocycles. The molecule has 0 aliphatic carbocycles. The van der Waals surface area contributed by atoms with Crippen LogP contribution >= 0.6 is 0 Å². The number of ether oxygens (including phenoxy) is 2. The summed E-state index contributed by atoms with van der Waals surface area (Å²) in [6.45, 7) is 0. The number of nitrogens with zero attached hydrogens (tertiary/aromatic N) is 3. The van der Waals surface area contributed by atoms with Crippen LogP contribution < -0.4 is 9.47 Å². The van der Waals surface area contributed by atoms with Crippen molar-refractivity contribution in [1.82, 2.24) is 10.1 Å². The molecule has 8 heteroatoms. The van der Waals surface area contributed by atoms with Crippen LogP contribution in [0.5, 0.6) is 11.5 Å². The lowest BCUT2D eigenvalue weighted by Gasteiger charge is -2.05. The molecule has 0 amide bonds. The summed E-state index contributed by atoms with van der Waals surface area (Å²) in [5.74, 6) is 1.68. The molecule has 0 spiro atoms. The highest BCUT2D eigenvalue weighted by Crippen LogP contribution is 2.30. The molecular formula is C16H13N3O5. The molecule has 0 saturated heterocycles. The van der Waals surface area contributed by atoms with Gasteiger partial charge < -0.3 is 14.0 Å². The van der Waals surface area contributed by atoms with E-state index in [1.807, 2.05) is 0 Å². The van der Waals surface area contributed by atoms with Gasteiger partial charge in [-0.05, 0) is 12.1 Å². The smallest absolute Gasteiger partial charge is 0.270 e. The van der Waals surface area contributed by atoms with E-state index in [1.54, 1.807) is 44.6 Å². The molecule has 0 aliphatic rings. The van der Waals surface area contributed by atoms with Gasteiger partial charge in [0.2, 0.25) is 5.82 Å². The van der Waals surface area contributed by atoms with Crippen LogP contribution in [-0.2, 0) is 0 Å². The average Bonchev–Trinajstić information content (AvgIpc) is 3.11. The molecule has 24 heavy (non-hydrogen) atoms. The van der Waals surface area contributed by atoms with Gasteiger partial charge in [-0.2, -0.15) is 4.98 Å². The van der Waals surface area contributed by atoms with Crippen molar-refractivity contribution < 1.29 is 18.9 Å². The molecule has 1 heterocycles. The minimum atomic E-state index is -0.475. The summed E-state index contributed by atoms with van der Waals surface area (Å²) in [6, 6.07) is 11.2. The van der Waals surface area contributed by atoms with Crippen LogP contribution in [0.4, 0.5) is 5.69 Å². The van der Waals surface area contributed by atoms with Crippen molar-refractivity contribution in [3.63, 3.8) is 0 Å². The van der Waals surface area contributed by atoms with E-state index in [9.17, 15) is 10.1 Å². The maximum atomic E-state index is 10.9. The second kappa shape index (κ2) is 6.37. The van der Waals surface area contributed by atoms with Crippen molar-refractivity contribution in [3.05, 3.63) is 52.6 Å². The molecule has 2 aromatic carbocycles. The first-order valence-electron chi connectivity index (χ1n) is 6.92. The van der Waals surface area contributed by atoms with Crippen LogP contribution in [0.2, 0.25) is 0 Å². The van der Waals surface area contributed by atoms with Gasteiger partial charge in [-0.25, -0.2) is 0 Å². The molecule has 0 bridgehead atoms. The molecule has 3 rings (SSSR count). The van der Waals surface area contributed by atoms with Crippen LogP contribution in [0, 0.1) is 10.1 Å². The highest BCUT2D eigenvalue weighted by atomic mass is 16.6. The second-order valence-electron chi connectivity index (χ2n) is 4.83. The number of nitro groups is 1. The zero-order valence-corrected chi connectivity index (χ0v) is 12.9. The fourth-order valence-electron chi connectivity index (χ4n) is 2.15. The number of rotatable bonds is 5. The first-order valence-corrected chi connectivity index (χ1v) is 6.92. The second-order valence-corrected chi connectivity index (χ2v) is 4.83. The van der Waals surface area contributed by atoms with Gasteiger partial charge in [0, 0.05) is 29.3 Å². The van der Waals surface area contributed by atoms with Crippen LogP contribution in [0.1, 0.15) is 0 Å². The highest BCUT2D eigenvalue weighted by Gasteiger charge is 2.15. The summed E-state index contributed by atoms with van der Waals surface area (Å²) in [5.41, 5.74) is 1.08. The average molecular weight is 327 g/mol. The predicted molar refractivity (Wildman–Crippen MR) is 84.9 cm³/mol. The van der Waals surface area contributed by atoms with E-state index >= 15 is 0 Å². The molecule has 0 radical (unpaired) electrons. The maximum Gasteiger partial charge on any atom is 0.270 e. The largest absolute Gasteiger partial charge is 0.497 e. The van der Waals surface area contributed by atoms with Crippen LogP contribution in [0.15, 0.2) is 47.0 Å². The molecule has 1 aromatic heterocycles. The molecule has 0 aliphatic heterocycles. The standard InChI is InChI=1S/C16H13N3O5/c1-22-13-7-11(8-14(9-13)23-2)16-17-15(18-24-16)10-4-3-5-12(6-10)19(20)21/h3-9H,1-2H3. The predicted octanol–water partition coefficient (Wildman–Crippen LogP) is 3.33. The van der Waals surface area contributed by atoms with Crippen LogP contribution in [0.25, 0.3) is 22.8 Å². The Hall–Kier alpha value is -3.42. The molecule has 0 fully saturated rings. The summed E-state index contributed by atoms with van der Waals surface area (Å²) in [5, 5.41) is 14.7. The van der Waals surface area contributed by atoms with Gasteiger partial charge in [0.15, 0.2) is 0 Å². The van der Waals surface area contributed by atoms with Crippen LogP contribution in [-0.4, -0.2) is 29.3 Å². The zero-order chi connectivity index (χ0) is 17.1. The topological polar surface area (TPSA) is 101 Å². The lowest BCUT2D eigenvalue weighted by Crippen LogP contribution is -1.90. The minimum Gasteiger partial charge on any atom is -0.497 e. The first kappa shape index (κ1) is 15.5. The van der Waals surface area contributed by atoms with E-state index in [0.29, 0.717) is 22.6 Å². The molecule has 3 aromatic rings. The normalized spacial score (nSPS) is 10.4. The minimum absolute atomic E-state index is 0.0399. The zero-order valence-electron chi connectivity index (χ0n) is 12.9. The van der Waals surface area contributed by atoms with E-state index in [1.165, 1.54) is 12.1 Å². The third-order valence-electron chi connectivity index (χ3n) is 3.34. The van der Waals surface area contributed by atoms with Crippen molar-refractivity contribution in [2.75, 3.05) is 14.2 Å². The molecule has 0 unspecified atom stereocenters. The van der Waals surface area contributed by atoms with E-state index in [0.717, 1.165) is 0 Å². The van der Waals surface area contributed by atoms with E-state index in [2.05, 4.69) is 10.1 Å². The van der Waals surface area contributed by atoms with Gasteiger partial charge >= 0.3 is 0 Å². The summed E-state index contributed by atoms with van der Waals surface area (Å²) in [4.78, 5) is 14.7. The Balaban J connectivity index is 1.99. The van der Waals surface area contributed by atoms with Crippen molar-refractivity contribution in [3.8, 4) is 34.3 Å². The Bertz CT molecular complexity index is 869. The van der Waals surface area contributed by atoms with Gasteiger partial charge in [0.1, 0.15) is 11.5 Å². The third kappa shape index (κ3) is 3.02. The molecule has 0 N–H and O–H groups in total. The Morgan fingerprint density at radius 3 is 2.38 bits per heavy atom. The number of benzene rings is 2. The fourth-order valence-corrected chi connectivity index (χ4v) is 2.15. The summed E-state index contributed by atoms with van der Waals surface area (Å²) < 4.78 is 15.7. The lowest BCUT2D eigenvalue weighted by molar-refractivity contribution is -0.384. The Kier molecular flexibility index (Phi) is 4.11. The van der Waals surface area contributed by atoms with Crippen molar-refractivity contribution in [2.24, 2.45) is 0 Å². The Morgan fingerprint density at radius 2 is 1.75 bits per heavy atom. The summed E-state index contributed by atoms with van der Waals surface area (Å²) in [7, 11) is 3.09. The van der Waals surface area contributed by atoms with E-state index in [4.69, 9.17) is 14.0 Å². The van der Waals surface area contributed by atoms with Crippen molar-refractivity contribution >= 4 is 5.69 Å². The number of non-ortho nitro benzene ring substituents is 1. The number of nitro benzene ring substituents is 1. The van der Waals surface area contributed by atoms with Crippen molar-refractivity contribution in [2.45, 2.75) is 0 Å². The molecular weight excluding hydrogens is 314 g/mol. The van der Waals surface area contributed by atoms with Gasteiger partial charge in [-0.3, -0.25) is 10.1 Å². The van der Waals surface area contributed by atoms with Gasteiger partial charge in [-0.1, -0.05) is 17.3 Å². The molecule has 0 atom stereocenters.